The summed E-state index contributed by atoms with van der Waals surface area (Å²) in [5, 5.41) is 31.6. The van der Waals surface area contributed by atoms with E-state index >= 15 is 0 Å². The van der Waals surface area contributed by atoms with E-state index in [4.69, 9.17) is 23.7 Å². The van der Waals surface area contributed by atoms with E-state index in [-0.39, 0.29) is 25.9 Å². The van der Waals surface area contributed by atoms with E-state index < -0.39 is 67.3 Å². The van der Waals surface area contributed by atoms with Gasteiger partial charge in [0.25, 0.3) is 0 Å². The molecular formula is C71H116O12. The number of rotatable bonds is 55. The topological polar surface area (TPSA) is 175 Å². The maximum Gasteiger partial charge on any atom is 0.335 e. The van der Waals surface area contributed by atoms with Gasteiger partial charge < -0.3 is 39.0 Å². The van der Waals surface area contributed by atoms with Crippen molar-refractivity contribution in [2.45, 2.75) is 302 Å². The second-order valence-corrected chi connectivity index (χ2v) is 22.0. The third kappa shape index (κ3) is 47.3. The number of carbonyl (C=O) groups is 4. The molecule has 0 amide bonds. The number of allylic oxidation sites excluding steroid dienone is 18. The molecule has 12 nitrogen and oxygen atoms in total. The Hall–Kier alpha value is -4.62. The lowest BCUT2D eigenvalue weighted by molar-refractivity contribution is -0.301. The van der Waals surface area contributed by atoms with Crippen LogP contribution in [0.4, 0.5) is 0 Å². The van der Waals surface area contributed by atoms with Gasteiger partial charge in [0.05, 0.1) is 6.61 Å². The van der Waals surface area contributed by atoms with Crippen molar-refractivity contribution in [2.24, 2.45) is 0 Å². The van der Waals surface area contributed by atoms with Crippen LogP contribution in [0.15, 0.2) is 109 Å². The van der Waals surface area contributed by atoms with Gasteiger partial charge in [-0.25, -0.2) is 4.79 Å². The highest BCUT2D eigenvalue weighted by Crippen LogP contribution is 2.26. The fourth-order valence-corrected chi connectivity index (χ4v) is 9.34. The van der Waals surface area contributed by atoms with Gasteiger partial charge in [-0.3, -0.25) is 14.4 Å². The molecule has 472 valence electrons. The summed E-state index contributed by atoms with van der Waals surface area (Å²) in [6.45, 7) is 5.75. The molecule has 1 rings (SSSR count). The molecule has 0 aromatic rings. The molecule has 1 heterocycles. The highest BCUT2D eigenvalue weighted by Gasteiger charge is 2.50. The second kappa shape index (κ2) is 57.8. The normalized spacial score (nSPS) is 18.3. The molecule has 6 atom stereocenters. The first-order valence-corrected chi connectivity index (χ1v) is 32.9. The Bertz CT molecular complexity index is 1860. The quantitative estimate of drug-likeness (QED) is 0.0228. The number of carbonyl (C=O) groups excluding carboxylic acids is 3. The van der Waals surface area contributed by atoms with Crippen molar-refractivity contribution >= 4 is 23.9 Å². The molecule has 3 N–H and O–H groups in total. The average molecular weight is 1160 g/mol. The van der Waals surface area contributed by atoms with Crippen molar-refractivity contribution in [2.75, 3.05) is 13.2 Å². The summed E-state index contributed by atoms with van der Waals surface area (Å²) >= 11 is 0. The summed E-state index contributed by atoms with van der Waals surface area (Å²) < 4.78 is 28.5. The van der Waals surface area contributed by atoms with Crippen LogP contribution >= 0.6 is 0 Å². The van der Waals surface area contributed by atoms with Gasteiger partial charge in [0.15, 0.2) is 24.6 Å². The zero-order valence-electron chi connectivity index (χ0n) is 52.2. The van der Waals surface area contributed by atoms with Gasteiger partial charge >= 0.3 is 23.9 Å². The van der Waals surface area contributed by atoms with E-state index in [2.05, 4.69) is 130 Å². The molecule has 83 heavy (non-hydrogen) atoms. The molecule has 0 saturated carbocycles. The largest absolute Gasteiger partial charge is 0.479 e. The minimum atomic E-state index is -1.92. The SMILES string of the molecule is CC/C=C\C/C=C\C/C=C\C/C=C\CCCCCCCCC(=O)OCC(COC1OC(C(=O)O)C(O)C(O)C1OC(=O)CCCCCCCCC/C=C\CCCCCCCC)OC(=O)CCCCCC/C=C\C/C=C\C/C=C\C/C=C\CC. The Morgan fingerprint density at radius 3 is 1.17 bits per heavy atom. The van der Waals surface area contributed by atoms with E-state index in [1.807, 2.05) is 0 Å². The van der Waals surface area contributed by atoms with E-state index in [1.54, 1.807) is 0 Å². The third-order valence-electron chi connectivity index (χ3n) is 14.3. The van der Waals surface area contributed by atoms with Crippen LogP contribution in [0.3, 0.4) is 0 Å². The standard InChI is InChI=1S/C71H116O12/c1-4-7-10-13-16-19-22-25-28-31-32-35-36-39-42-45-48-51-54-57-63(72)79-60-62(81-64(73)58-55-52-49-46-43-40-37-33-29-26-23-20-17-14-11-8-5-2)61-80-71-69(67(76)66(75)68(83-71)70(77)78)82-65(74)59-56-53-50-47-44-41-38-34-30-27-24-21-18-15-12-9-6-3/h7-8,10-11,16-17,19-20,25-30,32,35,37,40,62,66-69,71,75-76H,4-6,9,12-15,18,21-24,31,33-34,36,38-39,41-61H2,1-3H3,(H,77,78)/b10-7-,11-8-,19-16-,20-17-,28-25-,29-26-,30-27-,35-32-,40-37-. The second-order valence-electron chi connectivity index (χ2n) is 22.0. The van der Waals surface area contributed by atoms with Crippen LogP contribution in [0, 0.1) is 0 Å². The van der Waals surface area contributed by atoms with Crippen molar-refractivity contribution < 1.29 is 58.2 Å². The molecular weight excluding hydrogens is 1040 g/mol. The third-order valence-corrected chi connectivity index (χ3v) is 14.3. The van der Waals surface area contributed by atoms with E-state index in [0.717, 1.165) is 154 Å². The van der Waals surface area contributed by atoms with Crippen LogP contribution in [0.1, 0.15) is 265 Å². The summed E-state index contributed by atoms with van der Waals surface area (Å²) in [5.74, 6) is -3.18. The number of ether oxygens (including phenoxy) is 5. The Balaban J connectivity index is 2.69. The molecule has 0 radical (unpaired) electrons. The highest BCUT2D eigenvalue weighted by molar-refractivity contribution is 5.74. The number of aliphatic hydroxyl groups excluding tert-OH is 2. The Morgan fingerprint density at radius 1 is 0.410 bits per heavy atom. The van der Waals surface area contributed by atoms with E-state index in [9.17, 15) is 34.5 Å². The van der Waals surface area contributed by atoms with Crippen LogP contribution in [0.2, 0.25) is 0 Å². The molecule has 0 spiro atoms. The number of carboxylic acid groups (broad SMARTS) is 1. The van der Waals surface area contributed by atoms with Crippen molar-refractivity contribution in [1.29, 1.82) is 0 Å². The molecule has 0 bridgehead atoms. The lowest BCUT2D eigenvalue weighted by Crippen LogP contribution is -2.61. The van der Waals surface area contributed by atoms with Crippen molar-refractivity contribution in [3.05, 3.63) is 109 Å². The number of aliphatic hydroxyl groups is 2. The van der Waals surface area contributed by atoms with Gasteiger partial charge in [0.1, 0.15) is 18.8 Å². The first kappa shape index (κ1) is 76.4. The van der Waals surface area contributed by atoms with Crippen LogP contribution in [-0.2, 0) is 42.9 Å². The van der Waals surface area contributed by atoms with Gasteiger partial charge in [-0.05, 0) is 122 Å². The summed E-state index contributed by atoms with van der Waals surface area (Å²) in [6.07, 6.45) is 66.1. The first-order chi connectivity index (χ1) is 40.6. The fourth-order valence-electron chi connectivity index (χ4n) is 9.34. The van der Waals surface area contributed by atoms with Crippen LogP contribution < -0.4 is 0 Å². The lowest BCUT2D eigenvalue weighted by Gasteiger charge is -2.40. The lowest BCUT2D eigenvalue weighted by atomic mass is 9.98. The van der Waals surface area contributed by atoms with Gasteiger partial charge in [-0.1, -0.05) is 233 Å². The zero-order valence-corrected chi connectivity index (χ0v) is 52.2. The van der Waals surface area contributed by atoms with E-state index in [1.165, 1.54) is 51.4 Å². The molecule has 12 heteroatoms. The maximum atomic E-state index is 13.2. The van der Waals surface area contributed by atoms with Gasteiger partial charge in [-0.15, -0.1) is 0 Å². The van der Waals surface area contributed by atoms with Crippen molar-refractivity contribution in [3.8, 4) is 0 Å². The monoisotopic (exact) mass is 1160 g/mol. The van der Waals surface area contributed by atoms with Crippen LogP contribution in [0.25, 0.3) is 0 Å². The number of unbranched alkanes of at least 4 members (excludes halogenated alkanes) is 23. The molecule has 1 fully saturated rings. The summed E-state index contributed by atoms with van der Waals surface area (Å²) in [5.41, 5.74) is 0. The molecule has 0 aromatic heterocycles. The van der Waals surface area contributed by atoms with Crippen LogP contribution in [0.5, 0.6) is 0 Å². The number of hydrogen-bond acceptors (Lipinski definition) is 11. The molecule has 6 unspecified atom stereocenters. The first-order valence-electron chi connectivity index (χ1n) is 32.9. The van der Waals surface area contributed by atoms with Gasteiger partial charge in [0, 0.05) is 19.3 Å². The Morgan fingerprint density at radius 2 is 0.759 bits per heavy atom. The average Bonchev–Trinajstić information content (AvgIpc) is 3.59. The maximum absolute atomic E-state index is 13.2. The van der Waals surface area contributed by atoms with E-state index in [0.29, 0.717) is 19.3 Å². The van der Waals surface area contributed by atoms with Crippen molar-refractivity contribution in [1.82, 2.24) is 0 Å². The Kier molecular flexibility index (Phi) is 53.2. The molecule has 0 aliphatic carbocycles. The highest BCUT2D eigenvalue weighted by atomic mass is 16.7. The van der Waals surface area contributed by atoms with Gasteiger partial charge in [0.2, 0.25) is 0 Å². The fraction of sp³-hybridized carbons (Fsp3) is 0.690. The number of aliphatic carboxylic acids is 1. The summed E-state index contributed by atoms with van der Waals surface area (Å²) in [7, 11) is 0. The number of carboxylic acids is 1. The summed E-state index contributed by atoms with van der Waals surface area (Å²) in [6, 6.07) is 0. The predicted octanol–water partition coefficient (Wildman–Crippen LogP) is 17.8. The van der Waals surface area contributed by atoms with Gasteiger partial charge in [-0.2, -0.15) is 0 Å². The molecule has 1 aliphatic rings. The smallest absolute Gasteiger partial charge is 0.335 e. The summed E-state index contributed by atoms with van der Waals surface area (Å²) in [4.78, 5) is 51.4. The molecule has 1 aliphatic heterocycles. The number of esters is 3. The Labute approximate surface area is 504 Å². The van der Waals surface area contributed by atoms with Crippen LogP contribution in [-0.4, -0.2) is 89.2 Å². The molecule has 0 aromatic carbocycles. The van der Waals surface area contributed by atoms with Crippen molar-refractivity contribution in [3.63, 3.8) is 0 Å². The predicted molar refractivity (Wildman–Crippen MR) is 340 cm³/mol. The zero-order chi connectivity index (χ0) is 60.3. The minimum Gasteiger partial charge on any atom is -0.479 e. The molecule has 1 saturated heterocycles. The minimum absolute atomic E-state index is 0.0467. The number of hydrogen-bond donors (Lipinski definition) is 3.